The third-order valence-corrected chi connectivity index (χ3v) is 4.66. The highest BCUT2D eigenvalue weighted by Crippen LogP contribution is 2.33. The number of nitrogens with one attached hydrogen (secondary N) is 1. The molecule has 0 fully saturated rings. The first kappa shape index (κ1) is 14.1. The van der Waals surface area contributed by atoms with E-state index in [0.717, 1.165) is 20.5 Å². The SMILES string of the molecule is Cc1ccc(C(NN)c2cc3cc(F)ccc3s2)cc1F. The minimum atomic E-state index is -0.319. The van der Waals surface area contributed by atoms with Crippen molar-refractivity contribution in [2.45, 2.75) is 13.0 Å². The molecule has 0 amide bonds. The zero-order chi connectivity index (χ0) is 15.0. The Morgan fingerprint density at radius 2 is 1.90 bits per heavy atom. The molecule has 1 unspecified atom stereocenters. The van der Waals surface area contributed by atoms with Gasteiger partial charge in [-0.15, -0.1) is 11.3 Å². The minimum absolute atomic E-state index is 0.264. The van der Waals surface area contributed by atoms with Crippen molar-refractivity contribution >= 4 is 21.4 Å². The lowest BCUT2D eigenvalue weighted by Crippen LogP contribution is -2.28. The highest BCUT2D eigenvalue weighted by atomic mass is 32.1. The predicted molar refractivity (Wildman–Crippen MR) is 82.1 cm³/mol. The second-order valence-corrected chi connectivity index (χ2v) is 6.05. The van der Waals surface area contributed by atoms with Crippen LogP contribution in [0.5, 0.6) is 0 Å². The fourth-order valence-electron chi connectivity index (χ4n) is 2.31. The summed E-state index contributed by atoms with van der Waals surface area (Å²) in [5, 5.41) is 0.822. The topological polar surface area (TPSA) is 38.0 Å². The van der Waals surface area contributed by atoms with Gasteiger partial charge in [-0.2, -0.15) is 0 Å². The first-order valence-electron chi connectivity index (χ1n) is 6.49. The molecule has 3 N–H and O–H groups in total. The average molecular weight is 304 g/mol. The van der Waals surface area contributed by atoms with Gasteiger partial charge in [0.1, 0.15) is 11.6 Å². The summed E-state index contributed by atoms with van der Waals surface area (Å²) in [6.07, 6.45) is 0. The van der Waals surface area contributed by atoms with Gasteiger partial charge in [0, 0.05) is 9.58 Å². The van der Waals surface area contributed by atoms with E-state index in [1.807, 2.05) is 12.1 Å². The number of hydrogen-bond donors (Lipinski definition) is 2. The molecule has 0 bridgehead atoms. The molecule has 2 aromatic carbocycles. The third-order valence-electron chi connectivity index (χ3n) is 3.48. The van der Waals surface area contributed by atoms with E-state index < -0.39 is 0 Å². The van der Waals surface area contributed by atoms with Gasteiger partial charge in [-0.1, -0.05) is 12.1 Å². The maximum Gasteiger partial charge on any atom is 0.126 e. The van der Waals surface area contributed by atoms with E-state index in [1.165, 1.54) is 29.5 Å². The molecule has 0 spiro atoms. The van der Waals surface area contributed by atoms with Gasteiger partial charge in [-0.25, -0.2) is 14.2 Å². The molecule has 0 aliphatic rings. The number of fused-ring (bicyclic) bond motifs is 1. The second-order valence-electron chi connectivity index (χ2n) is 4.94. The van der Waals surface area contributed by atoms with Crippen LogP contribution < -0.4 is 11.3 Å². The summed E-state index contributed by atoms with van der Waals surface area (Å²) in [4.78, 5) is 0.918. The maximum absolute atomic E-state index is 13.7. The summed E-state index contributed by atoms with van der Waals surface area (Å²) in [6, 6.07) is 11.3. The van der Waals surface area contributed by atoms with Crippen LogP contribution in [0.4, 0.5) is 8.78 Å². The Balaban J connectivity index is 2.06. The standard InChI is InChI=1S/C16H14F2N2S/c1-9-2-3-10(7-13(9)18)16(20-19)15-8-11-6-12(17)4-5-14(11)21-15/h2-8,16,20H,19H2,1H3. The molecule has 0 saturated heterocycles. The normalized spacial score (nSPS) is 12.8. The molecule has 0 saturated carbocycles. The summed E-state index contributed by atoms with van der Waals surface area (Å²) in [5.41, 5.74) is 4.04. The molecule has 1 aromatic heterocycles. The summed E-state index contributed by atoms with van der Waals surface area (Å²) in [6.45, 7) is 1.71. The first-order chi connectivity index (χ1) is 10.1. The predicted octanol–water partition coefficient (Wildman–Crippen LogP) is 4.04. The van der Waals surface area contributed by atoms with Crippen molar-refractivity contribution in [2.24, 2.45) is 5.84 Å². The van der Waals surface area contributed by atoms with Gasteiger partial charge in [-0.05, 0) is 53.8 Å². The lowest BCUT2D eigenvalue weighted by atomic mass is 10.0. The van der Waals surface area contributed by atoms with Crippen LogP contribution >= 0.6 is 11.3 Å². The zero-order valence-corrected chi connectivity index (χ0v) is 12.2. The molecule has 0 radical (unpaired) electrons. The number of benzene rings is 2. The molecular formula is C16H14F2N2S. The number of hydrogen-bond acceptors (Lipinski definition) is 3. The summed E-state index contributed by atoms with van der Waals surface area (Å²) < 4.78 is 28.0. The lowest BCUT2D eigenvalue weighted by molar-refractivity contribution is 0.602. The van der Waals surface area contributed by atoms with Crippen LogP contribution in [0.3, 0.4) is 0 Å². The van der Waals surface area contributed by atoms with Gasteiger partial charge in [0.25, 0.3) is 0 Å². The Labute approximate surface area is 125 Å². The Bertz CT molecular complexity index is 798. The molecular weight excluding hydrogens is 290 g/mol. The highest BCUT2D eigenvalue weighted by Gasteiger charge is 2.16. The van der Waals surface area contributed by atoms with Crippen molar-refractivity contribution in [2.75, 3.05) is 0 Å². The van der Waals surface area contributed by atoms with E-state index in [1.54, 1.807) is 19.1 Å². The van der Waals surface area contributed by atoms with Crippen molar-refractivity contribution in [1.82, 2.24) is 5.43 Å². The minimum Gasteiger partial charge on any atom is -0.271 e. The maximum atomic E-state index is 13.7. The van der Waals surface area contributed by atoms with E-state index in [-0.39, 0.29) is 17.7 Å². The Kier molecular flexibility index (Phi) is 3.71. The van der Waals surface area contributed by atoms with E-state index >= 15 is 0 Å². The molecule has 1 heterocycles. The number of thiophene rings is 1. The van der Waals surface area contributed by atoms with Gasteiger partial charge >= 0.3 is 0 Å². The Morgan fingerprint density at radius 1 is 1.10 bits per heavy atom. The number of rotatable bonds is 3. The molecule has 3 aromatic rings. The van der Waals surface area contributed by atoms with Crippen LogP contribution in [0.2, 0.25) is 0 Å². The third kappa shape index (κ3) is 2.68. The number of aryl methyl sites for hydroxylation is 1. The van der Waals surface area contributed by atoms with Crippen molar-refractivity contribution in [3.8, 4) is 0 Å². The van der Waals surface area contributed by atoms with E-state index in [4.69, 9.17) is 5.84 Å². The average Bonchev–Trinajstić information content (AvgIpc) is 2.86. The molecule has 1 atom stereocenters. The lowest BCUT2D eigenvalue weighted by Gasteiger charge is -2.15. The van der Waals surface area contributed by atoms with Crippen molar-refractivity contribution in [3.63, 3.8) is 0 Å². The Hall–Kier alpha value is -1.82. The highest BCUT2D eigenvalue weighted by molar-refractivity contribution is 7.19. The smallest absolute Gasteiger partial charge is 0.126 e. The first-order valence-corrected chi connectivity index (χ1v) is 7.31. The van der Waals surface area contributed by atoms with E-state index in [9.17, 15) is 8.78 Å². The van der Waals surface area contributed by atoms with Gasteiger partial charge in [0.2, 0.25) is 0 Å². The molecule has 5 heteroatoms. The second kappa shape index (κ2) is 5.52. The van der Waals surface area contributed by atoms with Crippen LogP contribution in [0.15, 0.2) is 42.5 Å². The fraction of sp³-hybridized carbons (Fsp3) is 0.125. The summed E-state index contributed by atoms with van der Waals surface area (Å²) in [7, 11) is 0. The monoisotopic (exact) mass is 304 g/mol. The molecule has 108 valence electrons. The van der Waals surface area contributed by atoms with Crippen LogP contribution in [0, 0.1) is 18.6 Å². The molecule has 0 aliphatic carbocycles. The molecule has 2 nitrogen and oxygen atoms in total. The summed E-state index contributed by atoms with van der Waals surface area (Å²) >= 11 is 1.51. The van der Waals surface area contributed by atoms with Crippen LogP contribution in [0.1, 0.15) is 22.0 Å². The van der Waals surface area contributed by atoms with E-state index in [0.29, 0.717) is 5.56 Å². The van der Waals surface area contributed by atoms with E-state index in [2.05, 4.69) is 5.43 Å². The van der Waals surface area contributed by atoms with Crippen LogP contribution in [0.25, 0.3) is 10.1 Å². The molecule has 0 aliphatic heterocycles. The number of hydrazine groups is 1. The van der Waals surface area contributed by atoms with Crippen molar-refractivity contribution in [3.05, 3.63) is 70.1 Å². The van der Waals surface area contributed by atoms with Crippen molar-refractivity contribution in [1.29, 1.82) is 0 Å². The van der Waals surface area contributed by atoms with Gasteiger partial charge in [0.05, 0.1) is 6.04 Å². The zero-order valence-electron chi connectivity index (χ0n) is 11.4. The number of halogens is 2. The quantitative estimate of drug-likeness (QED) is 0.566. The van der Waals surface area contributed by atoms with Crippen LogP contribution in [-0.4, -0.2) is 0 Å². The largest absolute Gasteiger partial charge is 0.271 e. The van der Waals surface area contributed by atoms with Gasteiger partial charge in [-0.3, -0.25) is 5.84 Å². The van der Waals surface area contributed by atoms with Crippen molar-refractivity contribution < 1.29 is 8.78 Å². The fourth-order valence-corrected chi connectivity index (χ4v) is 3.44. The van der Waals surface area contributed by atoms with Crippen LogP contribution in [-0.2, 0) is 0 Å². The van der Waals surface area contributed by atoms with Gasteiger partial charge in [0.15, 0.2) is 0 Å². The number of nitrogens with two attached hydrogens (primary N) is 1. The molecule has 21 heavy (non-hydrogen) atoms. The molecule has 3 rings (SSSR count). The Morgan fingerprint density at radius 3 is 2.62 bits per heavy atom. The summed E-state index contributed by atoms with van der Waals surface area (Å²) in [5.74, 6) is 5.10. The van der Waals surface area contributed by atoms with Gasteiger partial charge < -0.3 is 0 Å².